The topological polar surface area (TPSA) is 102 Å². The van der Waals surface area contributed by atoms with Crippen molar-refractivity contribution in [2.24, 2.45) is 0 Å². The normalized spacial score (nSPS) is 10.9. The summed E-state index contributed by atoms with van der Waals surface area (Å²) in [7, 11) is -3.77. The zero-order valence-corrected chi connectivity index (χ0v) is 16.2. The number of amides is 1. The van der Waals surface area contributed by atoms with Gasteiger partial charge in [0.25, 0.3) is 10.0 Å². The fourth-order valence-corrected chi connectivity index (χ4v) is 3.64. The first-order valence-corrected chi connectivity index (χ1v) is 9.86. The Morgan fingerprint density at radius 3 is 2.15 bits per heavy atom. The van der Waals surface area contributed by atoms with Crippen LogP contribution in [-0.4, -0.2) is 26.9 Å². The molecule has 0 spiro atoms. The molecule has 0 aliphatic carbocycles. The lowest BCUT2D eigenvalue weighted by Crippen LogP contribution is -2.18. The minimum absolute atomic E-state index is 0.0635. The number of esters is 1. The number of anilines is 2. The van der Waals surface area contributed by atoms with Gasteiger partial charge in [-0.25, -0.2) is 8.42 Å². The summed E-state index contributed by atoms with van der Waals surface area (Å²) in [4.78, 5) is 23.1. The maximum absolute atomic E-state index is 12.6. The van der Waals surface area contributed by atoms with E-state index in [2.05, 4.69) is 10.0 Å². The third-order valence-electron chi connectivity index (χ3n) is 3.78. The summed E-state index contributed by atoms with van der Waals surface area (Å²) in [6.45, 7) is 5.51. The maximum atomic E-state index is 12.6. The second-order valence-corrected chi connectivity index (χ2v) is 7.61. The first-order valence-electron chi connectivity index (χ1n) is 8.37. The molecule has 144 valence electrons. The molecule has 0 aromatic heterocycles. The number of hydrogen-bond donors (Lipinski definition) is 2. The van der Waals surface area contributed by atoms with Gasteiger partial charge in [0.2, 0.25) is 5.91 Å². The van der Waals surface area contributed by atoms with Crippen molar-refractivity contribution < 1.29 is 22.7 Å². The lowest BCUT2D eigenvalue weighted by Gasteiger charge is -2.13. The van der Waals surface area contributed by atoms with E-state index in [1.165, 1.54) is 24.3 Å². The first kappa shape index (κ1) is 20.4. The van der Waals surface area contributed by atoms with Crippen molar-refractivity contribution in [1.82, 2.24) is 0 Å². The van der Waals surface area contributed by atoms with E-state index in [0.29, 0.717) is 11.4 Å². The highest BCUT2D eigenvalue weighted by atomic mass is 32.2. The van der Waals surface area contributed by atoms with E-state index < -0.39 is 28.3 Å². The predicted molar refractivity (Wildman–Crippen MR) is 103 cm³/mol. The Bertz CT molecular complexity index is 917. The van der Waals surface area contributed by atoms with Crippen molar-refractivity contribution in [1.29, 1.82) is 0 Å². The maximum Gasteiger partial charge on any atom is 0.315 e. The molecular formula is C19H22N2O5S. The molecule has 7 nitrogen and oxygen atoms in total. The molecule has 2 aromatic carbocycles. The van der Waals surface area contributed by atoms with Crippen LogP contribution in [0.15, 0.2) is 47.4 Å². The van der Waals surface area contributed by atoms with Gasteiger partial charge < -0.3 is 10.1 Å². The molecular weight excluding hydrogens is 368 g/mol. The average Bonchev–Trinajstić information content (AvgIpc) is 2.59. The zero-order valence-electron chi connectivity index (χ0n) is 15.4. The van der Waals surface area contributed by atoms with Gasteiger partial charge in [0, 0.05) is 5.69 Å². The summed E-state index contributed by atoms with van der Waals surface area (Å²) < 4.78 is 32.5. The zero-order chi connectivity index (χ0) is 20.0. The van der Waals surface area contributed by atoms with Gasteiger partial charge in [-0.3, -0.25) is 14.3 Å². The van der Waals surface area contributed by atoms with E-state index in [4.69, 9.17) is 4.74 Å². The summed E-state index contributed by atoms with van der Waals surface area (Å²) in [6, 6.07) is 11.2. The van der Waals surface area contributed by atoms with E-state index in [1.807, 2.05) is 32.0 Å². The second kappa shape index (κ2) is 8.68. The minimum Gasteiger partial charge on any atom is -0.466 e. The molecule has 2 N–H and O–H groups in total. The number of para-hydroxylation sites is 1. The molecule has 0 fully saturated rings. The molecule has 0 saturated carbocycles. The van der Waals surface area contributed by atoms with Gasteiger partial charge in [0.05, 0.1) is 17.2 Å². The number of benzene rings is 2. The van der Waals surface area contributed by atoms with Gasteiger partial charge in [-0.2, -0.15) is 0 Å². The van der Waals surface area contributed by atoms with Gasteiger partial charge in [-0.05, 0) is 56.2 Å². The van der Waals surface area contributed by atoms with Crippen molar-refractivity contribution in [3.8, 4) is 0 Å². The second-order valence-electron chi connectivity index (χ2n) is 5.93. The third kappa shape index (κ3) is 5.55. The molecule has 0 radical (unpaired) electrons. The Kier molecular flexibility index (Phi) is 6.57. The quantitative estimate of drug-likeness (QED) is 0.559. The fourth-order valence-electron chi connectivity index (χ4n) is 2.43. The number of hydrogen-bond acceptors (Lipinski definition) is 5. The van der Waals surface area contributed by atoms with Crippen molar-refractivity contribution in [2.45, 2.75) is 32.1 Å². The first-order chi connectivity index (χ1) is 12.7. The number of aryl methyl sites for hydroxylation is 2. The summed E-state index contributed by atoms with van der Waals surface area (Å²) in [5, 5.41) is 2.52. The number of carbonyl (C=O) groups is 2. The van der Waals surface area contributed by atoms with Crippen molar-refractivity contribution in [3.63, 3.8) is 0 Å². The summed E-state index contributed by atoms with van der Waals surface area (Å²) in [5.41, 5.74) is 2.57. The molecule has 2 aromatic rings. The van der Waals surface area contributed by atoms with Crippen LogP contribution in [0.1, 0.15) is 24.5 Å². The Labute approximate surface area is 158 Å². The molecule has 0 saturated heterocycles. The highest BCUT2D eigenvalue weighted by Crippen LogP contribution is 2.24. The van der Waals surface area contributed by atoms with Gasteiger partial charge in [0.1, 0.15) is 6.42 Å². The van der Waals surface area contributed by atoms with Crippen LogP contribution in [0.4, 0.5) is 11.4 Å². The predicted octanol–water partition coefficient (Wildman–Crippen LogP) is 3.00. The highest BCUT2D eigenvalue weighted by molar-refractivity contribution is 7.92. The van der Waals surface area contributed by atoms with Gasteiger partial charge in [0.15, 0.2) is 0 Å². The van der Waals surface area contributed by atoms with Crippen LogP contribution >= 0.6 is 0 Å². The van der Waals surface area contributed by atoms with E-state index in [-0.39, 0.29) is 11.5 Å². The molecule has 0 aliphatic heterocycles. The van der Waals surface area contributed by atoms with Gasteiger partial charge >= 0.3 is 5.97 Å². The Morgan fingerprint density at radius 2 is 1.59 bits per heavy atom. The standard InChI is InChI=1S/C19H22N2O5S/c1-4-26-18(23)12-17(22)20-15-8-10-16(11-9-15)27(24,25)21-19-13(2)6-5-7-14(19)3/h5-11,21H,4,12H2,1-3H3,(H,20,22). The van der Waals surface area contributed by atoms with Crippen LogP contribution in [0.5, 0.6) is 0 Å². The van der Waals surface area contributed by atoms with Crippen molar-refractivity contribution in [2.75, 3.05) is 16.6 Å². The fraction of sp³-hybridized carbons (Fsp3) is 0.263. The molecule has 8 heteroatoms. The molecule has 0 atom stereocenters. The summed E-state index contributed by atoms with van der Waals surface area (Å²) >= 11 is 0. The number of nitrogens with one attached hydrogen (secondary N) is 2. The van der Waals surface area contributed by atoms with Crippen LogP contribution in [0.3, 0.4) is 0 Å². The average molecular weight is 390 g/mol. The van der Waals surface area contributed by atoms with Crippen LogP contribution in [0.25, 0.3) is 0 Å². The van der Waals surface area contributed by atoms with E-state index in [9.17, 15) is 18.0 Å². The lowest BCUT2D eigenvalue weighted by molar-refractivity contribution is -0.145. The monoisotopic (exact) mass is 390 g/mol. The Balaban J connectivity index is 2.09. The molecule has 0 unspecified atom stereocenters. The largest absolute Gasteiger partial charge is 0.466 e. The minimum atomic E-state index is -3.77. The molecule has 27 heavy (non-hydrogen) atoms. The third-order valence-corrected chi connectivity index (χ3v) is 5.14. The lowest BCUT2D eigenvalue weighted by atomic mass is 10.1. The summed E-state index contributed by atoms with van der Waals surface area (Å²) in [5.74, 6) is -1.15. The smallest absolute Gasteiger partial charge is 0.315 e. The van der Waals surface area contributed by atoms with Gasteiger partial charge in [-0.15, -0.1) is 0 Å². The van der Waals surface area contributed by atoms with E-state index >= 15 is 0 Å². The number of carbonyl (C=O) groups excluding carboxylic acids is 2. The molecule has 0 heterocycles. The molecule has 1 amide bonds. The molecule has 0 bridgehead atoms. The van der Waals surface area contributed by atoms with Crippen LogP contribution in [0, 0.1) is 13.8 Å². The molecule has 0 aliphatic rings. The number of rotatable bonds is 7. The summed E-state index contributed by atoms with van der Waals surface area (Å²) in [6.07, 6.45) is -0.401. The Morgan fingerprint density at radius 1 is 1.00 bits per heavy atom. The van der Waals surface area contributed by atoms with E-state index in [0.717, 1.165) is 11.1 Å². The Hall–Kier alpha value is -2.87. The molecule has 2 rings (SSSR count). The number of ether oxygens (including phenoxy) is 1. The van der Waals surface area contributed by atoms with Crippen LogP contribution in [0.2, 0.25) is 0 Å². The van der Waals surface area contributed by atoms with E-state index in [1.54, 1.807) is 6.92 Å². The van der Waals surface area contributed by atoms with Gasteiger partial charge in [-0.1, -0.05) is 18.2 Å². The van der Waals surface area contributed by atoms with Crippen molar-refractivity contribution in [3.05, 3.63) is 53.6 Å². The number of sulfonamides is 1. The van der Waals surface area contributed by atoms with Crippen molar-refractivity contribution >= 4 is 33.3 Å². The van der Waals surface area contributed by atoms with Crippen LogP contribution in [-0.2, 0) is 24.3 Å². The highest BCUT2D eigenvalue weighted by Gasteiger charge is 2.17. The van der Waals surface area contributed by atoms with Crippen LogP contribution < -0.4 is 10.0 Å². The SMILES string of the molecule is CCOC(=O)CC(=O)Nc1ccc(S(=O)(=O)Nc2c(C)cccc2C)cc1.